The van der Waals surface area contributed by atoms with E-state index in [1.807, 2.05) is 23.2 Å². The van der Waals surface area contributed by atoms with Crippen molar-refractivity contribution in [3.8, 4) is 5.75 Å². The lowest BCUT2D eigenvalue weighted by atomic mass is 10.1. The van der Waals surface area contributed by atoms with Gasteiger partial charge in [-0.25, -0.2) is 4.98 Å². The number of methoxy groups -OCH3 is 1. The van der Waals surface area contributed by atoms with Crippen LogP contribution in [0.2, 0.25) is 0 Å². The van der Waals surface area contributed by atoms with Gasteiger partial charge in [0.25, 0.3) is 0 Å². The third kappa shape index (κ3) is 5.74. The van der Waals surface area contributed by atoms with Gasteiger partial charge in [0, 0.05) is 75.7 Å². The van der Waals surface area contributed by atoms with Crippen molar-refractivity contribution in [3.63, 3.8) is 0 Å². The summed E-state index contributed by atoms with van der Waals surface area (Å²) in [5, 5.41) is 14.3. The number of benzene rings is 1. The predicted octanol–water partition coefficient (Wildman–Crippen LogP) is 2.77. The first kappa shape index (κ1) is 27.2. The van der Waals surface area contributed by atoms with Crippen LogP contribution in [-0.4, -0.2) is 110 Å². The molecule has 3 aromatic rings. The molecule has 40 heavy (non-hydrogen) atoms. The SMILES string of the molecule is COc1ccc2cccnc2c1N1CCCN(C(CC(=O)N2CC[C@@H](O)C2)c2csc(N3CCOCC3)n2)CC1. The van der Waals surface area contributed by atoms with E-state index >= 15 is 0 Å². The van der Waals surface area contributed by atoms with E-state index in [1.54, 1.807) is 18.4 Å². The number of hydrogen-bond donors (Lipinski definition) is 1. The number of β-amino-alcohol motifs (C(OH)–C–C–N with tert-alkyl or cyclic N) is 1. The molecule has 11 heteroatoms. The van der Waals surface area contributed by atoms with Crippen LogP contribution < -0.4 is 14.5 Å². The fraction of sp³-hybridized carbons (Fsp3) is 0.552. The van der Waals surface area contributed by atoms with Gasteiger partial charge in [-0.15, -0.1) is 11.3 Å². The summed E-state index contributed by atoms with van der Waals surface area (Å²) in [5.74, 6) is 0.914. The highest BCUT2D eigenvalue weighted by Gasteiger charge is 2.33. The highest BCUT2D eigenvalue weighted by atomic mass is 32.1. The molecule has 3 fully saturated rings. The molecule has 1 aromatic carbocycles. The number of rotatable bonds is 7. The van der Waals surface area contributed by atoms with Gasteiger partial charge in [0.15, 0.2) is 5.13 Å². The van der Waals surface area contributed by atoms with E-state index in [2.05, 4.69) is 32.2 Å². The van der Waals surface area contributed by atoms with E-state index in [4.69, 9.17) is 19.4 Å². The van der Waals surface area contributed by atoms with E-state index < -0.39 is 6.10 Å². The van der Waals surface area contributed by atoms with Crippen molar-refractivity contribution >= 4 is 39.0 Å². The summed E-state index contributed by atoms with van der Waals surface area (Å²) in [7, 11) is 1.71. The van der Waals surface area contributed by atoms with Crippen molar-refractivity contribution < 1.29 is 19.4 Å². The second kappa shape index (κ2) is 12.3. The van der Waals surface area contributed by atoms with Gasteiger partial charge in [-0.2, -0.15) is 0 Å². The molecule has 5 heterocycles. The van der Waals surface area contributed by atoms with Crippen LogP contribution in [0, 0.1) is 0 Å². The Balaban J connectivity index is 1.25. The number of morpholine rings is 1. The zero-order valence-electron chi connectivity index (χ0n) is 23.1. The summed E-state index contributed by atoms with van der Waals surface area (Å²) in [6, 6.07) is 8.00. The van der Waals surface area contributed by atoms with Crippen LogP contribution in [0.25, 0.3) is 10.9 Å². The Labute approximate surface area is 239 Å². The summed E-state index contributed by atoms with van der Waals surface area (Å²) in [4.78, 5) is 32.1. The second-order valence-corrected chi connectivity index (χ2v) is 11.6. The maximum atomic E-state index is 13.4. The zero-order chi connectivity index (χ0) is 27.5. The Hall–Kier alpha value is -2.99. The molecule has 1 unspecified atom stereocenters. The van der Waals surface area contributed by atoms with Gasteiger partial charge in [-0.3, -0.25) is 14.7 Å². The molecule has 6 rings (SSSR count). The van der Waals surface area contributed by atoms with Crippen molar-refractivity contribution in [2.24, 2.45) is 0 Å². The first-order chi connectivity index (χ1) is 19.6. The van der Waals surface area contributed by atoms with Gasteiger partial charge in [0.1, 0.15) is 11.4 Å². The van der Waals surface area contributed by atoms with Gasteiger partial charge >= 0.3 is 0 Å². The Bertz CT molecular complexity index is 1310. The fourth-order valence-electron chi connectivity index (χ4n) is 6.07. The molecule has 0 spiro atoms. The molecule has 0 saturated carbocycles. The van der Waals surface area contributed by atoms with Crippen LogP contribution in [0.15, 0.2) is 35.8 Å². The minimum absolute atomic E-state index is 0.0866. The molecule has 0 radical (unpaired) electrons. The van der Waals surface area contributed by atoms with E-state index in [0.717, 1.165) is 78.9 Å². The summed E-state index contributed by atoms with van der Waals surface area (Å²) in [6.07, 6.45) is 3.36. The molecule has 2 aromatic heterocycles. The maximum Gasteiger partial charge on any atom is 0.224 e. The molecule has 1 N–H and O–H groups in total. The number of amides is 1. The average Bonchev–Trinajstić information content (AvgIpc) is 3.59. The van der Waals surface area contributed by atoms with Gasteiger partial charge in [0.2, 0.25) is 5.91 Å². The Morgan fingerprint density at radius 3 is 2.80 bits per heavy atom. The molecule has 2 atom stereocenters. The van der Waals surface area contributed by atoms with Crippen LogP contribution in [0.5, 0.6) is 5.75 Å². The molecule has 0 aliphatic carbocycles. The lowest BCUT2D eigenvalue weighted by Gasteiger charge is -2.31. The number of anilines is 2. The standard InChI is InChI=1S/C29H38N6O4S/c1-38-25-6-5-21-4-2-8-30-27(21)28(25)33-10-3-9-32(12-13-33)24(18-26(37)35-11-7-22(36)19-35)23-20-40-29(31-23)34-14-16-39-17-15-34/h2,4-6,8,20,22,24,36H,3,7,9-19H2,1H3/t22-,24?/m1/s1. The zero-order valence-corrected chi connectivity index (χ0v) is 23.9. The number of carbonyl (C=O) groups is 1. The largest absolute Gasteiger partial charge is 0.494 e. The van der Waals surface area contributed by atoms with Gasteiger partial charge in [-0.1, -0.05) is 6.07 Å². The number of aliphatic hydroxyl groups excluding tert-OH is 1. The summed E-state index contributed by atoms with van der Waals surface area (Å²) in [6.45, 7) is 7.44. The van der Waals surface area contributed by atoms with E-state index in [9.17, 15) is 9.90 Å². The van der Waals surface area contributed by atoms with Crippen LogP contribution in [0.1, 0.15) is 31.0 Å². The van der Waals surface area contributed by atoms with Gasteiger partial charge < -0.3 is 29.3 Å². The van der Waals surface area contributed by atoms with Crippen LogP contribution >= 0.6 is 11.3 Å². The highest BCUT2D eigenvalue weighted by Crippen LogP contribution is 2.37. The van der Waals surface area contributed by atoms with Gasteiger partial charge in [-0.05, 0) is 31.0 Å². The number of carbonyl (C=O) groups excluding carboxylic acids is 1. The van der Waals surface area contributed by atoms with Crippen molar-refractivity contribution in [3.05, 3.63) is 41.5 Å². The Morgan fingerprint density at radius 1 is 1.12 bits per heavy atom. The number of pyridine rings is 1. The van der Waals surface area contributed by atoms with E-state index in [-0.39, 0.29) is 11.9 Å². The number of likely N-dealkylation sites (tertiary alicyclic amines) is 1. The Morgan fingerprint density at radius 2 is 2.00 bits per heavy atom. The highest BCUT2D eigenvalue weighted by molar-refractivity contribution is 7.13. The van der Waals surface area contributed by atoms with Crippen molar-refractivity contribution in [1.29, 1.82) is 0 Å². The molecule has 1 amide bonds. The first-order valence-electron chi connectivity index (χ1n) is 14.3. The molecular formula is C29H38N6O4S. The smallest absolute Gasteiger partial charge is 0.224 e. The molecule has 214 valence electrons. The number of thiazole rings is 1. The third-order valence-corrected chi connectivity index (χ3v) is 9.15. The molecule has 3 aliphatic rings. The molecule has 0 bridgehead atoms. The maximum absolute atomic E-state index is 13.4. The summed E-state index contributed by atoms with van der Waals surface area (Å²) in [5.41, 5.74) is 2.94. The first-order valence-corrected chi connectivity index (χ1v) is 15.1. The summed E-state index contributed by atoms with van der Waals surface area (Å²) < 4.78 is 11.3. The topological polar surface area (TPSA) is 94.5 Å². The number of ether oxygens (including phenoxy) is 2. The predicted molar refractivity (Wildman–Crippen MR) is 156 cm³/mol. The molecule has 10 nitrogen and oxygen atoms in total. The quantitative estimate of drug-likeness (QED) is 0.463. The summed E-state index contributed by atoms with van der Waals surface area (Å²) >= 11 is 1.65. The lowest BCUT2D eigenvalue weighted by molar-refractivity contribution is -0.132. The fourth-order valence-corrected chi connectivity index (χ4v) is 6.99. The minimum Gasteiger partial charge on any atom is -0.494 e. The average molecular weight is 567 g/mol. The number of aliphatic hydroxyl groups is 1. The van der Waals surface area contributed by atoms with Crippen LogP contribution in [-0.2, 0) is 9.53 Å². The van der Waals surface area contributed by atoms with Crippen molar-refractivity contribution in [1.82, 2.24) is 19.8 Å². The monoisotopic (exact) mass is 566 g/mol. The molecule has 3 aliphatic heterocycles. The van der Waals surface area contributed by atoms with E-state index in [1.165, 1.54) is 0 Å². The second-order valence-electron chi connectivity index (χ2n) is 10.7. The molecule has 3 saturated heterocycles. The number of hydrogen-bond acceptors (Lipinski definition) is 10. The third-order valence-electron chi connectivity index (χ3n) is 8.24. The van der Waals surface area contributed by atoms with Crippen molar-refractivity contribution in [2.45, 2.75) is 31.4 Å². The van der Waals surface area contributed by atoms with E-state index in [0.29, 0.717) is 39.1 Å². The normalized spacial score (nSPS) is 21.6. The minimum atomic E-state index is -0.425. The van der Waals surface area contributed by atoms with Gasteiger partial charge in [0.05, 0.1) is 43.7 Å². The number of aromatic nitrogens is 2. The molecular weight excluding hydrogens is 528 g/mol. The van der Waals surface area contributed by atoms with Crippen LogP contribution in [0.4, 0.5) is 10.8 Å². The lowest BCUT2D eigenvalue weighted by Crippen LogP contribution is -2.38. The number of nitrogens with zero attached hydrogens (tertiary/aromatic N) is 6. The van der Waals surface area contributed by atoms with Crippen molar-refractivity contribution in [2.75, 3.05) is 82.5 Å². The number of fused-ring (bicyclic) bond motifs is 1. The Kier molecular flexibility index (Phi) is 8.33. The van der Waals surface area contributed by atoms with Crippen LogP contribution in [0.3, 0.4) is 0 Å².